The predicted octanol–water partition coefficient (Wildman–Crippen LogP) is 3.39. The van der Waals surface area contributed by atoms with Gasteiger partial charge in [0.15, 0.2) is 5.13 Å². The van der Waals surface area contributed by atoms with Crippen LogP contribution in [0.4, 0.5) is 5.13 Å². The van der Waals surface area contributed by atoms with Crippen molar-refractivity contribution in [3.8, 4) is 0 Å². The lowest BCUT2D eigenvalue weighted by Gasteiger charge is -2.15. The van der Waals surface area contributed by atoms with Crippen molar-refractivity contribution >= 4 is 16.5 Å². The topological polar surface area (TPSA) is 36.4 Å². The predicted molar refractivity (Wildman–Crippen MR) is 79.8 cm³/mol. The van der Waals surface area contributed by atoms with E-state index in [4.69, 9.17) is 4.98 Å². The summed E-state index contributed by atoms with van der Waals surface area (Å²) in [6.07, 6.45) is 5.30. The molecule has 1 N–H and O–H groups in total. The number of nitrogens with zero attached hydrogens (tertiary/aromatic N) is 2. The number of thiazole rings is 1. The van der Waals surface area contributed by atoms with Crippen LogP contribution in [0.5, 0.6) is 0 Å². The van der Waals surface area contributed by atoms with E-state index in [1.807, 2.05) is 0 Å². The van der Waals surface area contributed by atoms with Gasteiger partial charge in [-0.1, -0.05) is 31.6 Å². The normalized spacial score (nSPS) is 27.8. The van der Waals surface area contributed by atoms with E-state index in [2.05, 4.69) is 18.7 Å². The Bertz CT molecular complexity index is 433. The van der Waals surface area contributed by atoms with Gasteiger partial charge in [-0.05, 0) is 37.0 Å². The molecule has 2 aliphatic rings. The van der Waals surface area contributed by atoms with Crippen LogP contribution in [0.15, 0.2) is 0 Å². The van der Waals surface area contributed by atoms with E-state index in [1.165, 1.54) is 32.4 Å². The second-order valence-corrected chi connectivity index (χ2v) is 7.19. The summed E-state index contributed by atoms with van der Waals surface area (Å²) >= 11 is 1.70. The maximum atomic E-state index is 9.53. The molecule has 0 radical (unpaired) electrons. The highest BCUT2D eigenvalue weighted by Gasteiger charge is 2.37. The van der Waals surface area contributed by atoms with Gasteiger partial charge in [0.25, 0.3) is 0 Å². The van der Waals surface area contributed by atoms with Crippen LogP contribution in [0.2, 0.25) is 0 Å². The van der Waals surface area contributed by atoms with Gasteiger partial charge in [-0.25, -0.2) is 4.98 Å². The molecule has 2 heterocycles. The molecule has 0 aromatic carbocycles. The Labute approximate surface area is 119 Å². The molecule has 3 rings (SSSR count). The molecule has 3 nitrogen and oxygen atoms in total. The molecule has 0 spiro atoms. The van der Waals surface area contributed by atoms with Crippen molar-refractivity contribution in [1.29, 1.82) is 0 Å². The molecule has 19 heavy (non-hydrogen) atoms. The van der Waals surface area contributed by atoms with Gasteiger partial charge in [0.1, 0.15) is 0 Å². The first-order chi connectivity index (χ1) is 9.22. The maximum absolute atomic E-state index is 9.53. The Morgan fingerprint density at radius 3 is 2.63 bits per heavy atom. The van der Waals surface area contributed by atoms with Gasteiger partial charge < -0.3 is 10.0 Å². The van der Waals surface area contributed by atoms with Gasteiger partial charge in [0.05, 0.1) is 17.2 Å². The fourth-order valence-electron chi connectivity index (χ4n) is 3.57. The molecule has 2 fully saturated rings. The summed E-state index contributed by atoms with van der Waals surface area (Å²) in [5.74, 6) is 2.25. The molecular weight excluding hydrogens is 256 g/mol. The summed E-state index contributed by atoms with van der Waals surface area (Å²) in [5.41, 5.74) is 1.13. The molecule has 3 unspecified atom stereocenters. The second-order valence-electron chi connectivity index (χ2n) is 6.13. The number of fused-ring (bicyclic) bond motifs is 1. The standard InChI is InChI=1S/C15H24N2OS/c1-3-10(2)14-13(9-18)19-15(16-14)17-7-11-5-4-6-12(11)8-17/h10-12,18H,3-9H2,1-2H3. The molecule has 3 atom stereocenters. The molecule has 1 saturated carbocycles. The number of hydrogen-bond donors (Lipinski definition) is 1. The molecule has 1 saturated heterocycles. The number of rotatable bonds is 4. The van der Waals surface area contributed by atoms with Crippen LogP contribution in [0.1, 0.15) is 56.0 Å². The van der Waals surface area contributed by atoms with Gasteiger partial charge in [-0.15, -0.1) is 0 Å². The van der Waals surface area contributed by atoms with Crippen molar-refractivity contribution in [1.82, 2.24) is 4.98 Å². The first-order valence-corrected chi connectivity index (χ1v) is 8.40. The summed E-state index contributed by atoms with van der Waals surface area (Å²) < 4.78 is 0. The average Bonchev–Trinajstić information content (AvgIpc) is 3.09. The Morgan fingerprint density at radius 2 is 2.05 bits per heavy atom. The van der Waals surface area contributed by atoms with Crippen LogP contribution < -0.4 is 4.90 Å². The van der Waals surface area contributed by atoms with E-state index in [9.17, 15) is 5.11 Å². The average molecular weight is 280 g/mol. The van der Waals surface area contributed by atoms with Crippen LogP contribution in [0, 0.1) is 11.8 Å². The van der Waals surface area contributed by atoms with E-state index >= 15 is 0 Å². The number of aliphatic hydroxyl groups excluding tert-OH is 1. The van der Waals surface area contributed by atoms with E-state index < -0.39 is 0 Å². The molecule has 1 aliphatic carbocycles. The Morgan fingerprint density at radius 1 is 1.37 bits per heavy atom. The minimum absolute atomic E-state index is 0.137. The number of hydrogen-bond acceptors (Lipinski definition) is 4. The van der Waals surface area contributed by atoms with E-state index in [0.717, 1.165) is 34.0 Å². The van der Waals surface area contributed by atoms with Gasteiger partial charge in [-0.2, -0.15) is 0 Å². The van der Waals surface area contributed by atoms with E-state index in [1.54, 1.807) is 11.3 Å². The molecule has 0 amide bonds. The van der Waals surface area contributed by atoms with E-state index in [0.29, 0.717) is 5.92 Å². The smallest absolute Gasteiger partial charge is 0.185 e. The summed E-state index contributed by atoms with van der Waals surface area (Å²) in [7, 11) is 0. The molecule has 0 bridgehead atoms. The third-order valence-electron chi connectivity index (χ3n) is 4.94. The second kappa shape index (κ2) is 5.41. The summed E-state index contributed by atoms with van der Waals surface area (Å²) in [4.78, 5) is 8.38. The molecule has 4 heteroatoms. The van der Waals surface area contributed by atoms with Gasteiger partial charge in [0, 0.05) is 13.1 Å². The van der Waals surface area contributed by atoms with Gasteiger partial charge >= 0.3 is 0 Å². The third kappa shape index (κ3) is 2.40. The van der Waals surface area contributed by atoms with E-state index in [-0.39, 0.29) is 6.61 Å². The Balaban J connectivity index is 1.80. The molecular formula is C15H24N2OS. The lowest BCUT2D eigenvalue weighted by Crippen LogP contribution is -2.20. The highest BCUT2D eigenvalue weighted by Crippen LogP contribution is 2.41. The van der Waals surface area contributed by atoms with Crippen molar-refractivity contribution in [2.45, 2.75) is 52.1 Å². The summed E-state index contributed by atoms with van der Waals surface area (Å²) in [5, 5.41) is 10.7. The molecule has 1 aromatic rings. The zero-order valence-corrected chi connectivity index (χ0v) is 12.7. The van der Waals surface area contributed by atoms with Crippen LogP contribution >= 0.6 is 11.3 Å². The third-order valence-corrected chi connectivity index (χ3v) is 6.05. The molecule has 1 aliphatic heterocycles. The lowest BCUT2D eigenvalue weighted by atomic mass is 10.0. The highest BCUT2D eigenvalue weighted by atomic mass is 32.1. The zero-order valence-electron chi connectivity index (χ0n) is 11.9. The monoisotopic (exact) mass is 280 g/mol. The van der Waals surface area contributed by atoms with Crippen LogP contribution in [-0.4, -0.2) is 23.2 Å². The lowest BCUT2D eigenvalue weighted by molar-refractivity contribution is 0.283. The summed E-state index contributed by atoms with van der Waals surface area (Å²) in [6.45, 7) is 6.89. The van der Waals surface area contributed by atoms with Gasteiger partial charge in [-0.3, -0.25) is 0 Å². The van der Waals surface area contributed by atoms with Crippen molar-refractivity contribution in [3.05, 3.63) is 10.6 Å². The minimum atomic E-state index is 0.137. The molecule has 1 aromatic heterocycles. The van der Waals surface area contributed by atoms with Gasteiger partial charge in [0.2, 0.25) is 0 Å². The van der Waals surface area contributed by atoms with Crippen LogP contribution in [0.25, 0.3) is 0 Å². The number of anilines is 1. The largest absolute Gasteiger partial charge is 0.391 e. The number of aromatic nitrogens is 1. The zero-order chi connectivity index (χ0) is 13.4. The van der Waals surface area contributed by atoms with Crippen molar-refractivity contribution in [2.75, 3.05) is 18.0 Å². The van der Waals surface area contributed by atoms with Crippen molar-refractivity contribution in [2.24, 2.45) is 11.8 Å². The SMILES string of the molecule is CCC(C)c1nc(N2CC3CCCC3C2)sc1CO. The fourth-order valence-corrected chi connectivity index (χ4v) is 4.63. The Kier molecular flexibility index (Phi) is 3.81. The maximum Gasteiger partial charge on any atom is 0.185 e. The van der Waals surface area contributed by atoms with Crippen molar-refractivity contribution in [3.63, 3.8) is 0 Å². The quantitative estimate of drug-likeness (QED) is 0.918. The van der Waals surface area contributed by atoms with Crippen molar-refractivity contribution < 1.29 is 5.11 Å². The Hall–Kier alpha value is -0.610. The first kappa shape index (κ1) is 13.4. The first-order valence-electron chi connectivity index (χ1n) is 7.58. The highest BCUT2D eigenvalue weighted by molar-refractivity contribution is 7.15. The molecule has 106 valence electrons. The summed E-state index contributed by atoms with van der Waals surface area (Å²) in [6, 6.07) is 0. The van der Waals surface area contributed by atoms with Crippen LogP contribution in [-0.2, 0) is 6.61 Å². The fraction of sp³-hybridized carbons (Fsp3) is 0.800. The number of aliphatic hydroxyl groups is 1. The van der Waals surface area contributed by atoms with Crippen LogP contribution in [0.3, 0.4) is 0 Å². The minimum Gasteiger partial charge on any atom is -0.391 e.